The minimum absolute atomic E-state index is 0.118. The molecule has 3 heterocycles. The molecule has 0 spiro atoms. The second-order valence-electron chi connectivity index (χ2n) is 17.3. The number of likely N-dealkylation sites (N-methyl/N-ethyl adjacent to an activating group) is 1. The van der Waals surface area contributed by atoms with Crippen LogP contribution in [0.1, 0.15) is 104 Å². The molecule has 2 aliphatic carbocycles. The van der Waals surface area contributed by atoms with Gasteiger partial charge in [-0.25, -0.2) is 4.79 Å². The van der Waals surface area contributed by atoms with E-state index in [1.165, 1.54) is 36.2 Å². The number of nitrogens with zero attached hydrogens (tertiary/aromatic N) is 2. The third-order valence-corrected chi connectivity index (χ3v) is 10.8. The maximum Gasteiger partial charge on any atom is 0.408 e. The predicted molar refractivity (Wildman–Crippen MR) is 198 cm³/mol. The molecule has 6 amide bonds. The lowest BCUT2D eigenvalue weighted by Gasteiger charge is -2.36. The second-order valence-corrected chi connectivity index (χ2v) is 17.3. The number of Topliss-reactive ketones (excluding diaryl/α,β-unsaturated/α-hetero) is 1. The van der Waals surface area contributed by atoms with Gasteiger partial charge in [0, 0.05) is 26.6 Å². The summed E-state index contributed by atoms with van der Waals surface area (Å²) < 4.78 is 17.2. The first-order valence-electron chi connectivity index (χ1n) is 19.5. The van der Waals surface area contributed by atoms with Gasteiger partial charge in [-0.1, -0.05) is 32.1 Å². The Bertz CT molecular complexity index is 1590. The van der Waals surface area contributed by atoms with E-state index >= 15 is 0 Å². The molecule has 0 bridgehead atoms. The molecule has 4 N–H and O–H groups in total. The number of hydrogen-bond donors (Lipinski definition) is 4. The third-order valence-electron chi connectivity index (χ3n) is 10.8. The van der Waals surface area contributed by atoms with Gasteiger partial charge in [0.05, 0.1) is 30.6 Å². The van der Waals surface area contributed by atoms with Crippen molar-refractivity contribution < 1.29 is 47.5 Å². The lowest BCUT2D eigenvalue weighted by atomic mass is 9.83. The zero-order valence-electron chi connectivity index (χ0n) is 33.1. The van der Waals surface area contributed by atoms with Crippen LogP contribution in [0.15, 0.2) is 22.8 Å². The lowest BCUT2D eigenvalue weighted by molar-refractivity contribution is -0.145. The molecule has 2 unspecified atom stereocenters. The monoisotopic (exact) mass is 770 g/mol. The molecule has 6 atom stereocenters. The Hall–Kier alpha value is -4.47. The smallest absolute Gasteiger partial charge is 0.408 e. The number of amides is 6. The van der Waals surface area contributed by atoms with Crippen molar-refractivity contribution in [1.82, 2.24) is 31.1 Å². The van der Waals surface area contributed by atoms with E-state index in [2.05, 4.69) is 21.3 Å². The fourth-order valence-electron chi connectivity index (χ4n) is 8.06. The van der Waals surface area contributed by atoms with Crippen LogP contribution in [0.3, 0.4) is 0 Å². The van der Waals surface area contributed by atoms with Crippen LogP contribution in [-0.4, -0.2) is 114 Å². The number of furan rings is 1. The van der Waals surface area contributed by atoms with Crippen molar-refractivity contribution in [3.05, 3.63) is 24.2 Å². The van der Waals surface area contributed by atoms with Crippen molar-refractivity contribution >= 4 is 41.4 Å². The maximum absolute atomic E-state index is 14.6. The molecule has 4 fully saturated rings. The van der Waals surface area contributed by atoms with Gasteiger partial charge in [-0.15, -0.1) is 0 Å². The van der Waals surface area contributed by atoms with Gasteiger partial charge in [0.25, 0.3) is 11.8 Å². The van der Waals surface area contributed by atoms with E-state index in [1.807, 2.05) is 13.8 Å². The van der Waals surface area contributed by atoms with Crippen molar-refractivity contribution in [1.29, 1.82) is 0 Å². The first-order valence-corrected chi connectivity index (χ1v) is 19.5. The van der Waals surface area contributed by atoms with Crippen molar-refractivity contribution in [2.45, 2.75) is 134 Å². The van der Waals surface area contributed by atoms with Crippen LogP contribution in [-0.2, 0) is 38.2 Å². The Kier molecular flexibility index (Phi) is 13.0. The van der Waals surface area contributed by atoms with E-state index in [1.54, 1.807) is 26.8 Å². The van der Waals surface area contributed by atoms with Gasteiger partial charge in [0.15, 0.2) is 6.04 Å². The Morgan fingerprint density at radius 2 is 1.67 bits per heavy atom. The number of rotatable bonds is 14. The van der Waals surface area contributed by atoms with Gasteiger partial charge in [-0.3, -0.25) is 28.8 Å². The number of ether oxygens (including phenoxy) is 2. The van der Waals surface area contributed by atoms with Crippen LogP contribution in [0.2, 0.25) is 0 Å². The molecule has 2 saturated heterocycles. The topological polar surface area (TPSA) is 206 Å². The summed E-state index contributed by atoms with van der Waals surface area (Å²) in [6.45, 7) is 8.59. The molecular weight excluding hydrogens is 712 g/mol. The maximum atomic E-state index is 14.6. The number of hydrogen-bond acceptors (Lipinski definition) is 10. The number of nitrogens with one attached hydrogen (secondary N) is 4. The van der Waals surface area contributed by atoms with Gasteiger partial charge in [0.1, 0.15) is 23.4 Å². The van der Waals surface area contributed by atoms with Gasteiger partial charge >= 0.3 is 6.09 Å². The molecule has 304 valence electrons. The molecule has 2 aliphatic heterocycles. The summed E-state index contributed by atoms with van der Waals surface area (Å²) in [6, 6.07) is -1.21. The van der Waals surface area contributed by atoms with E-state index in [0.717, 1.165) is 44.9 Å². The minimum Gasteiger partial charge on any atom is -0.467 e. The molecule has 2 saturated carbocycles. The van der Waals surface area contributed by atoms with Crippen LogP contribution >= 0.6 is 0 Å². The van der Waals surface area contributed by atoms with Crippen LogP contribution in [0, 0.1) is 17.8 Å². The SMILES string of the molecule is CN(C)C(=O)[C@@H](NC(=O)CNC(=O)C(=O)C(CC1CC1)NC(=O)[C@@H]1C2CC(C)(C)O[C@H]2CN1C(=O)[C@@H](NC(=O)OC(C)(C)C)C1CCCCC1)c1ccco1. The van der Waals surface area contributed by atoms with E-state index < -0.39 is 95.3 Å². The quantitative estimate of drug-likeness (QED) is 0.203. The molecule has 16 heteroatoms. The molecule has 16 nitrogen and oxygen atoms in total. The minimum atomic E-state index is -1.21. The predicted octanol–water partition coefficient (Wildman–Crippen LogP) is 2.36. The highest BCUT2D eigenvalue weighted by Gasteiger charge is 2.56. The molecule has 1 aromatic heterocycles. The fraction of sp³-hybridized carbons (Fsp3) is 0.718. The number of carbonyl (C=O) groups is 7. The van der Waals surface area contributed by atoms with Crippen LogP contribution in [0.4, 0.5) is 4.79 Å². The fourth-order valence-corrected chi connectivity index (χ4v) is 8.06. The zero-order valence-corrected chi connectivity index (χ0v) is 33.1. The van der Waals surface area contributed by atoms with E-state index in [-0.39, 0.29) is 30.6 Å². The van der Waals surface area contributed by atoms with E-state index in [0.29, 0.717) is 6.42 Å². The molecular formula is C39H58N6O10. The largest absolute Gasteiger partial charge is 0.467 e. The van der Waals surface area contributed by atoms with Crippen LogP contribution in [0.5, 0.6) is 0 Å². The van der Waals surface area contributed by atoms with E-state index in [4.69, 9.17) is 13.9 Å². The molecule has 55 heavy (non-hydrogen) atoms. The van der Waals surface area contributed by atoms with Crippen LogP contribution in [0.25, 0.3) is 0 Å². The molecule has 5 rings (SSSR count). The third kappa shape index (κ3) is 10.9. The second kappa shape index (κ2) is 17.1. The van der Waals surface area contributed by atoms with Gasteiger partial charge < -0.3 is 45.0 Å². The van der Waals surface area contributed by atoms with E-state index in [9.17, 15) is 33.6 Å². The normalized spacial score (nSPS) is 23.8. The summed E-state index contributed by atoms with van der Waals surface area (Å²) in [5.41, 5.74) is -1.35. The first kappa shape index (κ1) is 41.7. The highest BCUT2D eigenvalue weighted by atomic mass is 16.6. The Morgan fingerprint density at radius 1 is 0.982 bits per heavy atom. The molecule has 0 aromatic carbocycles. The van der Waals surface area contributed by atoms with Gasteiger partial charge in [0.2, 0.25) is 23.5 Å². The summed E-state index contributed by atoms with van der Waals surface area (Å²) >= 11 is 0. The highest BCUT2D eigenvalue weighted by molar-refractivity contribution is 6.38. The van der Waals surface area contributed by atoms with Crippen molar-refractivity contribution in [2.24, 2.45) is 17.8 Å². The summed E-state index contributed by atoms with van der Waals surface area (Å²) in [5, 5.41) is 10.5. The van der Waals surface area contributed by atoms with Crippen molar-refractivity contribution in [3.63, 3.8) is 0 Å². The summed E-state index contributed by atoms with van der Waals surface area (Å²) in [7, 11) is 3.05. The number of fused-ring (bicyclic) bond motifs is 1. The average molecular weight is 771 g/mol. The number of alkyl carbamates (subject to hydrolysis) is 1. The van der Waals surface area contributed by atoms with Crippen molar-refractivity contribution in [2.75, 3.05) is 27.2 Å². The number of carbonyl (C=O) groups excluding carboxylic acids is 7. The molecule has 4 aliphatic rings. The van der Waals surface area contributed by atoms with Gasteiger partial charge in [-0.05, 0) is 84.3 Å². The average Bonchev–Trinajstić information content (AvgIpc) is 3.48. The standard InChI is InChI=1S/C39H58N6O10/c1-38(2,3)55-37(52)43-29(23-12-9-8-10-13-23)36(51)45-21-27-24(19-39(4,5)54-27)31(45)33(48)41-25(18-22-15-16-22)32(47)34(49)40-20-28(46)42-30(35(50)44(6)7)26-14-11-17-53-26/h11,14,17,22-25,27,29-31H,8-10,12-13,15-16,18-21H2,1-7H3,(H,40,49)(H,41,48)(H,42,46)(H,43,52)/t24?,25?,27-,29-,30-,31-/m0/s1. The highest BCUT2D eigenvalue weighted by Crippen LogP contribution is 2.44. The summed E-state index contributed by atoms with van der Waals surface area (Å²) in [6.07, 6.45) is 6.85. The molecule has 1 aromatic rings. The number of ketones is 1. The van der Waals surface area contributed by atoms with Crippen molar-refractivity contribution in [3.8, 4) is 0 Å². The molecule has 0 radical (unpaired) electrons. The summed E-state index contributed by atoms with van der Waals surface area (Å²) in [4.78, 5) is 97.3. The lowest BCUT2D eigenvalue weighted by Crippen LogP contribution is -2.59. The Morgan fingerprint density at radius 3 is 2.27 bits per heavy atom. The first-order chi connectivity index (χ1) is 25.8. The number of likely N-dealkylation sites (tertiary alicyclic amines) is 1. The zero-order chi connectivity index (χ0) is 40.2. The Balaban J connectivity index is 1.31. The summed E-state index contributed by atoms with van der Waals surface area (Å²) in [5.74, 6) is -4.43. The van der Waals surface area contributed by atoms with Gasteiger partial charge in [-0.2, -0.15) is 0 Å². The van der Waals surface area contributed by atoms with Crippen LogP contribution < -0.4 is 21.3 Å². The Labute approximate surface area is 322 Å².